The predicted molar refractivity (Wildman–Crippen MR) is 85.0 cm³/mol. The van der Waals surface area contributed by atoms with Gasteiger partial charge < -0.3 is 0 Å². The van der Waals surface area contributed by atoms with Crippen LogP contribution in [0.25, 0.3) is 10.9 Å². The van der Waals surface area contributed by atoms with Gasteiger partial charge in [-0.1, -0.05) is 34.1 Å². The lowest BCUT2D eigenvalue weighted by Crippen LogP contribution is -2.29. The van der Waals surface area contributed by atoms with E-state index in [0.717, 1.165) is 22.0 Å². The zero-order chi connectivity index (χ0) is 14.8. The van der Waals surface area contributed by atoms with Crippen LogP contribution in [0.3, 0.4) is 0 Å². The molecule has 0 spiro atoms. The lowest BCUT2D eigenvalue weighted by molar-refractivity contribution is 0.604. The monoisotopic (exact) mass is 345 g/mol. The standard InChI is InChI=1S/C16H13BrFN3/c17-13-6-11(7-14(18)8-13)16(21-19)12-5-10-3-1-2-4-15(10)20-9-12/h1-9,16,21H,19H2. The molecule has 0 saturated carbocycles. The van der Waals surface area contributed by atoms with Crippen molar-refractivity contribution in [3.8, 4) is 0 Å². The average Bonchev–Trinajstić information content (AvgIpc) is 2.47. The van der Waals surface area contributed by atoms with Gasteiger partial charge in [-0.05, 0) is 41.5 Å². The van der Waals surface area contributed by atoms with E-state index in [2.05, 4.69) is 26.3 Å². The topological polar surface area (TPSA) is 50.9 Å². The molecule has 21 heavy (non-hydrogen) atoms. The van der Waals surface area contributed by atoms with Gasteiger partial charge in [0.2, 0.25) is 0 Å². The summed E-state index contributed by atoms with van der Waals surface area (Å²) in [5.74, 6) is 5.35. The molecule has 0 aliphatic rings. The van der Waals surface area contributed by atoms with Crippen molar-refractivity contribution >= 4 is 26.8 Å². The summed E-state index contributed by atoms with van der Waals surface area (Å²) >= 11 is 3.30. The van der Waals surface area contributed by atoms with Crippen LogP contribution in [0.4, 0.5) is 4.39 Å². The Morgan fingerprint density at radius 2 is 1.90 bits per heavy atom. The van der Waals surface area contributed by atoms with Crippen LogP contribution in [0.2, 0.25) is 0 Å². The van der Waals surface area contributed by atoms with Gasteiger partial charge in [-0.15, -0.1) is 0 Å². The maximum atomic E-state index is 13.6. The largest absolute Gasteiger partial charge is 0.271 e. The molecule has 0 amide bonds. The van der Waals surface area contributed by atoms with Crippen LogP contribution in [0.15, 0.2) is 59.2 Å². The molecule has 0 aliphatic carbocycles. The molecule has 1 atom stereocenters. The molecule has 3 aromatic rings. The van der Waals surface area contributed by atoms with Crippen LogP contribution >= 0.6 is 15.9 Å². The van der Waals surface area contributed by atoms with Gasteiger partial charge in [0, 0.05) is 16.1 Å². The molecular weight excluding hydrogens is 333 g/mol. The molecule has 3 nitrogen and oxygen atoms in total. The van der Waals surface area contributed by atoms with Gasteiger partial charge in [0.15, 0.2) is 0 Å². The van der Waals surface area contributed by atoms with Gasteiger partial charge in [-0.25, -0.2) is 9.82 Å². The van der Waals surface area contributed by atoms with E-state index >= 15 is 0 Å². The summed E-state index contributed by atoms with van der Waals surface area (Å²) in [6.07, 6.45) is 1.76. The van der Waals surface area contributed by atoms with E-state index in [0.29, 0.717) is 4.47 Å². The number of nitrogens with zero attached hydrogens (tertiary/aromatic N) is 1. The molecule has 3 rings (SSSR count). The van der Waals surface area contributed by atoms with E-state index in [9.17, 15) is 4.39 Å². The van der Waals surface area contributed by atoms with Gasteiger partial charge >= 0.3 is 0 Å². The second kappa shape index (κ2) is 5.89. The first-order valence-corrected chi connectivity index (χ1v) is 7.23. The molecule has 106 valence electrons. The molecule has 3 N–H and O–H groups in total. The molecule has 5 heteroatoms. The zero-order valence-electron chi connectivity index (χ0n) is 11.1. The third kappa shape index (κ3) is 2.95. The third-order valence-corrected chi connectivity index (χ3v) is 3.79. The number of nitrogens with two attached hydrogens (primary N) is 1. The van der Waals surface area contributed by atoms with Crippen LogP contribution in [-0.2, 0) is 0 Å². The normalized spacial score (nSPS) is 12.5. The van der Waals surface area contributed by atoms with Crippen molar-refractivity contribution < 1.29 is 4.39 Å². The molecule has 0 fully saturated rings. The van der Waals surface area contributed by atoms with E-state index in [4.69, 9.17) is 5.84 Å². The van der Waals surface area contributed by atoms with Gasteiger partial charge in [-0.3, -0.25) is 10.8 Å². The zero-order valence-corrected chi connectivity index (χ0v) is 12.6. The quantitative estimate of drug-likeness (QED) is 0.562. The second-order valence-corrected chi connectivity index (χ2v) is 5.68. The Bertz CT molecular complexity index is 771. The molecular formula is C16H13BrFN3. The second-order valence-electron chi connectivity index (χ2n) is 4.76. The Hall–Kier alpha value is -1.82. The van der Waals surface area contributed by atoms with Crippen LogP contribution < -0.4 is 11.3 Å². The minimum Gasteiger partial charge on any atom is -0.271 e. The number of halogens is 2. The molecule has 1 aromatic heterocycles. The lowest BCUT2D eigenvalue weighted by Gasteiger charge is -2.17. The summed E-state index contributed by atoms with van der Waals surface area (Å²) in [5, 5.41) is 1.02. The molecule has 0 saturated heterocycles. The van der Waals surface area contributed by atoms with Crippen molar-refractivity contribution in [2.75, 3.05) is 0 Å². The molecule has 2 aromatic carbocycles. The summed E-state index contributed by atoms with van der Waals surface area (Å²) in [6.45, 7) is 0. The van der Waals surface area contributed by atoms with E-state index in [1.165, 1.54) is 12.1 Å². The summed E-state index contributed by atoms with van der Waals surface area (Å²) < 4.78 is 14.3. The highest BCUT2D eigenvalue weighted by Gasteiger charge is 2.15. The van der Waals surface area contributed by atoms with E-state index in [1.807, 2.05) is 36.4 Å². The maximum Gasteiger partial charge on any atom is 0.124 e. The lowest BCUT2D eigenvalue weighted by atomic mass is 9.99. The Kier molecular flexibility index (Phi) is 3.96. The number of fused-ring (bicyclic) bond motifs is 1. The summed E-state index contributed by atoms with van der Waals surface area (Å²) in [6, 6.07) is 14.2. The number of rotatable bonds is 3. The number of hydrogen-bond acceptors (Lipinski definition) is 3. The summed E-state index contributed by atoms with van der Waals surface area (Å²) in [4.78, 5) is 4.42. The van der Waals surface area contributed by atoms with Crippen molar-refractivity contribution in [2.24, 2.45) is 5.84 Å². The highest BCUT2D eigenvalue weighted by molar-refractivity contribution is 9.10. The Labute approximate surface area is 130 Å². The molecule has 1 heterocycles. The third-order valence-electron chi connectivity index (χ3n) is 3.33. The predicted octanol–water partition coefficient (Wildman–Crippen LogP) is 3.69. The van der Waals surface area contributed by atoms with Crippen molar-refractivity contribution in [3.63, 3.8) is 0 Å². The maximum absolute atomic E-state index is 13.6. The van der Waals surface area contributed by atoms with E-state index in [1.54, 1.807) is 6.20 Å². The fourth-order valence-electron chi connectivity index (χ4n) is 2.37. The fourth-order valence-corrected chi connectivity index (χ4v) is 2.86. The van der Waals surface area contributed by atoms with Crippen LogP contribution in [-0.4, -0.2) is 4.98 Å². The number of nitrogens with one attached hydrogen (secondary N) is 1. The van der Waals surface area contributed by atoms with Crippen LogP contribution in [0, 0.1) is 5.82 Å². The number of hydrogen-bond donors (Lipinski definition) is 2. The number of pyridine rings is 1. The SMILES string of the molecule is NNC(c1cc(F)cc(Br)c1)c1cnc2ccccc2c1. The summed E-state index contributed by atoms with van der Waals surface area (Å²) in [7, 11) is 0. The first-order chi connectivity index (χ1) is 10.2. The van der Waals surface area contributed by atoms with Gasteiger partial charge in [0.05, 0.1) is 11.6 Å². The first kappa shape index (κ1) is 14.1. The van der Waals surface area contributed by atoms with Crippen molar-refractivity contribution in [1.82, 2.24) is 10.4 Å². The van der Waals surface area contributed by atoms with Gasteiger partial charge in [0.1, 0.15) is 5.82 Å². The number of aromatic nitrogens is 1. The van der Waals surface area contributed by atoms with Gasteiger partial charge in [-0.2, -0.15) is 0 Å². The van der Waals surface area contributed by atoms with Crippen molar-refractivity contribution in [2.45, 2.75) is 6.04 Å². The van der Waals surface area contributed by atoms with E-state index in [-0.39, 0.29) is 11.9 Å². The molecule has 1 unspecified atom stereocenters. The summed E-state index contributed by atoms with van der Waals surface area (Å²) in [5.41, 5.74) is 5.26. The Morgan fingerprint density at radius 3 is 2.67 bits per heavy atom. The minimum atomic E-state index is -0.325. The van der Waals surface area contributed by atoms with Crippen molar-refractivity contribution in [1.29, 1.82) is 0 Å². The Morgan fingerprint density at radius 1 is 1.10 bits per heavy atom. The number of benzene rings is 2. The Balaban J connectivity index is 2.08. The highest BCUT2D eigenvalue weighted by Crippen LogP contribution is 2.26. The number of para-hydroxylation sites is 1. The average molecular weight is 346 g/mol. The molecule has 0 bridgehead atoms. The minimum absolute atomic E-state index is 0.312. The highest BCUT2D eigenvalue weighted by atomic mass is 79.9. The molecule has 0 aliphatic heterocycles. The first-order valence-electron chi connectivity index (χ1n) is 6.44. The van der Waals surface area contributed by atoms with Crippen molar-refractivity contribution in [3.05, 3.63) is 76.1 Å². The van der Waals surface area contributed by atoms with Crippen LogP contribution in [0.5, 0.6) is 0 Å². The van der Waals surface area contributed by atoms with Gasteiger partial charge in [0.25, 0.3) is 0 Å². The number of hydrazine groups is 1. The smallest absolute Gasteiger partial charge is 0.124 e. The molecule has 0 radical (unpaired) electrons. The van der Waals surface area contributed by atoms with Crippen LogP contribution in [0.1, 0.15) is 17.2 Å². The van der Waals surface area contributed by atoms with E-state index < -0.39 is 0 Å². The fraction of sp³-hybridized carbons (Fsp3) is 0.0625.